The quantitative estimate of drug-likeness (QED) is 0.812. The van der Waals surface area contributed by atoms with Gasteiger partial charge in [0.05, 0.1) is 12.3 Å². The molecule has 0 aliphatic rings. The Balaban J connectivity index is 2.01. The van der Waals surface area contributed by atoms with Crippen LogP contribution < -0.4 is 0 Å². The van der Waals surface area contributed by atoms with E-state index in [0.717, 1.165) is 18.8 Å². The van der Waals surface area contributed by atoms with Crippen LogP contribution in [0.1, 0.15) is 17.0 Å². The summed E-state index contributed by atoms with van der Waals surface area (Å²) in [5.41, 5.74) is 2.79. The standard InChI is InChI=1S/C19H24N2O2/c1-16-10-11-19(22)18(20-16)15-21(13-14-23-2)12-6-9-17-7-4-3-5-8-17/h3-11,22H,12-15H2,1-2H3/b9-6+. The summed E-state index contributed by atoms with van der Waals surface area (Å²) in [6.07, 6.45) is 4.22. The van der Waals surface area contributed by atoms with Crippen molar-refractivity contribution in [1.29, 1.82) is 0 Å². The molecule has 0 unspecified atom stereocenters. The van der Waals surface area contributed by atoms with Crippen LogP contribution >= 0.6 is 0 Å². The minimum absolute atomic E-state index is 0.241. The number of methoxy groups -OCH3 is 1. The molecule has 1 aromatic heterocycles. The fourth-order valence-electron chi connectivity index (χ4n) is 2.29. The van der Waals surface area contributed by atoms with Gasteiger partial charge in [0.1, 0.15) is 5.75 Å². The molecular weight excluding hydrogens is 288 g/mol. The zero-order chi connectivity index (χ0) is 16.5. The maximum Gasteiger partial charge on any atom is 0.138 e. The van der Waals surface area contributed by atoms with Gasteiger partial charge in [-0.15, -0.1) is 0 Å². The topological polar surface area (TPSA) is 45.6 Å². The summed E-state index contributed by atoms with van der Waals surface area (Å²) >= 11 is 0. The van der Waals surface area contributed by atoms with Gasteiger partial charge in [-0.3, -0.25) is 9.88 Å². The summed E-state index contributed by atoms with van der Waals surface area (Å²) in [6.45, 7) is 4.72. The van der Waals surface area contributed by atoms with E-state index in [4.69, 9.17) is 4.74 Å². The van der Waals surface area contributed by atoms with E-state index < -0.39 is 0 Å². The van der Waals surface area contributed by atoms with Gasteiger partial charge in [-0.05, 0) is 24.6 Å². The molecule has 1 N–H and O–H groups in total. The van der Waals surface area contributed by atoms with Crippen molar-refractivity contribution in [3.05, 3.63) is 65.5 Å². The summed E-state index contributed by atoms with van der Waals surface area (Å²) in [7, 11) is 1.69. The molecule has 4 heteroatoms. The second kappa shape index (κ2) is 9.08. The average Bonchev–Trinajstić information content (AvgIpc) is 2.56. The number of ether oxygens (including phenoxy) is 1. The van der Waals surface area contributed by atoms with Crippen molar-refractivity contribution in [2.45, 2.75) is 13.5 Å². The maximum atomic E-state index is 9.97. The van der Waals surface area contributed by atoms with Crippen LogP contribution in [0, 0.1) is 6.92 Å². The summed E-state index contributed by atoms with van der Waals surface area (Å²) in [6, 6.07) is 13.7. The van der Waals surface area contributed by atoms with Crippen LogP contribution in [0.2, 0.25) is 0 Å². The first-order chi connectivity index (χ1) is 11.2. The summed E-state index contributed by atoms with van der Waals surface area (Å²) in [5, 5.41) is 9.97. The molecule has 0 aliphatic heterocycles. The second-order valence-electron chi connectivity index (χ2n) is 5.46. The van der Waals surface area contributed by atoms with Gasteiger partial charge in [0.15, 0.2) is 0 Å². The van der Waals surface area contributed by atoms with Gasteiger partial charge in [0, 0.05) is 32.4 Å². The van der Waals surface area contributed by atoms with Crippen LogP contribution in [-0.4, -0.2) is 41.8 Å². The molecule has 2 rings (SSSR count). The molecule has 122 valence electrons. The highest BCUT2D eigenvalue weighted by molar-refractivity contribution is 5.48. The number of aromatic nitrogens is 1. The molecule has 0 saturated heterocycles. The molecule has 0 atom stereocenters. The molecule has 0 bridgehead atoms. The van der Waals surface area contributed by atoms with Gasteiger partial charge >= 0.3 is 0 Å². The lowest BCUT2D eigenvalue weighted by molar-refractivity contribution is 0.150. The largest absolute Gasteiger partial charge is 0.506 e. The molecule has 0 saturated carbocycles. The minimum Gasteiger partial charge on any atom is -0.506 e. The van der Waals surface area contributed by atoms with Crippen molar-refractivity contribution in [2.24, 2.45) is 0 Å². The Kier molecular flexibility index (Phi) is 6.78. The van der Waals surface area contributed by atoms with Crippen LogP contribution in [0.4, 0.5) is 0 Å². The van der Waals surface area contributed by atoms with Gasteiger partial charge in [-0.1, -0.05) is 42.5 Å². The van der Waals surface area contributed by atoms with E-state index in [-0.39, 0.29) is 5.75 Å². The first-order valence-corrected chi connectivity index (χ1v) is 7.77. The van der Waals surface area contributed by atoms with Crippen LogP contribution in [0.3, 0.4) is 0 Å². The van der Waals surface area contributed by atoms with Crippen molar-refractivity contribution in [3.8, 4) is 5.75 Å². The van der Waals surface area contributed by atoms with E-state index in [9.17, 15) is 5.11 Å². The lowest BCUT2D eigenvalue weighted by atomic mass is 10.2. The molecule has 4 nitrogen and oxygen atoms in total. The Bertz CT molecular complexity index is 627. The van der Waals surface area contributed by atoms with E-state index in [0.29, 0.717) is 18.8 Å². The lowest BCUT2D eigenvalue weighted by Crippen LogP contribution is -2.27. The Morgan fingerprint density at radius 1 is 1.17 bits per heavy atom. The summed E-state index contributed by atoms with van der Waals surface area (Å²) in [5.74, 6) is 0.241. The van der Waals surface area contributed by atoms with Crippen LogP contribution in [-0.2, 0) is 11.3 Å². The van der Waals surface area contributed by atoms with Crippen LogP contribution in [0.25, 0.3) is 6.08 Å². The zero-order valence-corrected chi connectivity index (χ0v) is 13.8. The molecule has 0 radical (unpaired) electrons. The third-order valence-corrected chi connectivity index (χ3v) is 3.55. The lowest BCUT2D eigenvalue weighted by Gasteiger charge is -2.20. The summed E-state index contributed by atoms with van der Waals surface area (Å²) in [4.78, 5) is 6.63. The van der Waals surface area contributed by atoms with E-state index in [2.05, 4.69) is 34.2 Å². The summed E-state index contributed by atoms with van der Waals surface area (Å²) < 4.78 is 5.18. The first-order valence-electron chi connectivity index (χ1n) is 7.77. The van der Waals surface area contributed by atoms with Crippen LogP contribution in [0.15, 0.2) is 48.5 Å². The van der Waals surface area contributed by atoms with Crippen molar-refractivity contribution >= 4 is 6.08 Å². The van der Waals surface area contributed by atoms with Gasteiger partial charge in [0.25, 0.3) is 0 Å². The van der Waals surface area contributed by atoms with E-state index in [1.165, 1.54) is 5.56 Å². The smallest absolute Gasteiger partial charge is 0.138 e. The van der Waals surface area contributed by atoms with Crippen molar-refractivity contribution in [1.82, 2.24) is 9.88 Å². The Morgan fingerprint density at radius 2 is 1.96 bits per heavy atom. The number of rotatable bonds is 8. The highest BCUT2D eigenvalue weighted by Crippen LogP contribution is 2.16. The number of aromatic hydroxyl groups is 1. The fraction of sp³-hybridized carbons (Fsp3) is 0.316. The second-order valence-corrected chi connectivity index (χ2v) is 5.46. The van der Waals surface area contributed by atoms with Gasteiger partial charge < -0.3 is 9.84 Å². The number of pyridine rings is 1. The van der Waals surface area contributed by atoms with Gasteiger partial charge in [0.2, 0.25) is 0 Å². The van der Waals surface area contributed by atoms with E-state index >= 15 is 0 Å². The predicted octanol–water partition coefficient (Wildman–Crippen LogP) is 3.26. The molecule has 0 aliphatic carbocycles. The number of nitrogens with zero attached hydrogens (tertiary/aromatic N) is 2. The Labute approximate surface area is 138 Å². The SMILES string of the molecule is COCCN(C/C=C/c1ccccc1)Cc1nc(C)ccc1O. The van der Waals surface area contributed by atoms with Gasteiger partial charge in [-0.2, -0.15) is 0 Å². The maximum absolute atomic E-state index is 9.97. The van der Waals surface area contributed by atoms with Crippen molar-refractivity contribution in [3.63, 3.8) is 0 Å². The first kappa shape index (κ1) is 17.2. The molecule has 23 heavy (non-hydrogen) atoms. The monoisotopic (exact) mass is 312 g/mol. The molecular formula is C19H24N2O2. The third kappa shape index (κ3) is 5.85. The predicted molar refractivity (Wildman–Crippen MR) is 93.3 cm³/mol. The Hall–Kier alpha value is -2.17. The van der Waals surface area contributed by atoms with E-state index in [1.807, 2.05) is 31.2 Å². The molecule has 0 fully saturated rings. The number of hydrogen-bond acceptors (Lipinski definition) is 4. The van der Waals surface area contributed by atoms with E-state index in [1.54, 1.807) is 13.2 Å². The molecule has 0 amide bonds. The van der Waals surface area contributed by atoms with Crippen molar-refractivity contribution in [2.75, 3.05) is 26.8 Å². The fourth-order valence-corrected chi connectivity index (χ4v) is 2.29. The third-order valence-electron chi connectivity index (χ3n) is 3.55. The van der Waals surface area contributed by atoms with Gasteiger partial charge in [-0.25, -0.2) is 0 Å². The number of benzene rings is 1. The average molecular weight is 312 g/mol. The number of hydrogen-bond donors (Lipinski definition) is 1. The molecule has 0 spiro atoms. The molecule has 1 heterocycles. The zero-order valence-electron chi connectivity index (χ0n) is 13.8. The molecule has 2 aromatic rings. The minimum atomic E-state index is 0.241. The number of aryl methyl sites for hydroxylation is 1. The normalized spacial score (nSPS) is 11.4. The molecule has 1 aromatic carbocycles. The highest BCUT2D eigenvalue weighted by Gasteiger charge is 2.09. The van der Waals surface area contributed by atoms with Crippen LogP contribution in [0.5, 0.6) is 5.75 Å². The highest BCUT2D eigenvalue weighted by atomic mass is 16.5. The van der Waals surface area contributed by atoms with Crippen molar-refractivity contribution < 1.29 is 9.84 Å². The Morgan fingerprint density at radius 3 is 2.70 bits per heavy atom.